The van der Waals surface area contributed by atoms with Crippen LogP contribution < -0.4 is 15.6 Å². The van der Waals surface area contributed by atoms with Crippen LogP contribution in [0.2, 0.25) is 0 Å². The predicted molar refractivity (Wildman–Crippen MR) is 92.4 cm³/mol. The van der Waals surface area contributed by atoms with E-state index in [0.717, 1.165) is 5.56 Å². The van der Waals surface area contributed by atoms with Gasteiger partial charge >= 0.3 is 6.61 Å². The second-order valence-corrected chi connectivity index (χ2v) is 5.60. The number of carbonyl (C=O) groups is 1. The van der Waals surface area contributed by atoms with Gasteiger partial charge in [0.1, 0.15) is 12.3 Å². The van der Waals surface area contributed by atoms with E-state index in [9.17, 15) is 18.4 Å². The first-order valence-corrected chi connectivity index (χ1v) is 7.73. The number of para-hydroxylation sites is 1. The van der Waals surface area contributed by atoms with Crippen LogP contribution in [0, 0.1) is 6.92 Å². The second-order valence-electron chi connectivity index (χ2n) is 5.60. The number of aromatic nitrogens is 2. The van der Waals surface area contributed by atoms with Crippen molar-refractivity contribution in [3.05, 3.63) is 64.7 Å². The molecular weight excluding hydrogens is 344 g/mol. The molecule has 1 heterocycles. The fourth-order valence-corrected chi connectivity index (χ4v) is 2.56. The Bertz CT molecular complexity index is 1020. The Morgan fingerprint density at radius 2 is 2.04 bits per heavy atom. The molecule has 134 valence electrons. The van der Waals surface area contributed by atoms with Crippen molar-refractivity contribution < 1.29 is 18.3 Å². The van der Waals surface area contributed by atoms with Crippen LogP contribution in [-0.4, -0.2) is 22.1 Å². The van der Waals surface area contributed by atoms with Crippen LogP contribution in [0.5, 0.6) is 5.75 Å². The largest absolute Gasteiger partial charge is 0.435 e. The minimum atomic E-state index is -2.95. The van der Waals surface area contributed by atoms with Crippen LogP contribution in [0.3, 0.4) is 0 Å². The summed E-state index contributed by atoms with van der Waals surface area (Å²) in [4.78, 5) is 28.9. The number of hydrogen-bond donors (Lipinski definition) is 1. The number of amides is 1. The quantitative estimate of drug-likeness (QED) is 0.760. The van der Waals surface area contributed by atoms with Crippen LogP contribution in [0.4, 0.5) is 14.5 Å². The minimum absolute atomic E-state index is 0.0715. The molecule has 6 nitrogen and oxygen atoms in total. The zero-order valence-electron chi connectivity index (χ0n) is 13.8. The summed E-state index contributed by atoms with van der Waals surface area (Å²) in [5.41, 5.74) is 1.41. The molecule has 0 unspecified atom stereocenters. The van der Waals surface area contributed by atoms with E-state index in [2.05, 4.69) is 15.0 Å². The third-order valence-corrected chi connectivity index (χ3v) is 3.71. The van der Waals surface area contributed by atoms with Crippen molar-refractivity contribution in [1.82, 2.24) is 9.55 Å². The highest BCUT2D eigenvalue weighted by molar-refractivity contribution is 5.91. The molecule has 3 aromatic rings. The molecule has 2 aromatic carbocycles. The third kappa shape index (κ3) is 3.85. The first-order chi connectivity index (χ1) is 12.4. The Morgan fingerprint density at radius 1 is 1.27 bits per heavy atom. The number of aryl methyl sites for hydroxylation is 1. The summed E-state index contributed by atoms with van der Waals surface area (Å²) in [6.45, 7) is -1.36. The van der Waals surface area contributed by atoms with E-state index in [1.165, 1.54) is 35.2 Å². The molecule has 1 aromatic heterocycles. The van der Waals surface area contributed by atoms with Gasteiger partial charge < -0.3 is 10.1 Å². The molecule has 0 spiro atoms. The number of fused-ring (bicyclic) bond motifs is 1. The summed E-state index contributed by atoms with van der Waals surface area (Å²) in [5.74, 6) is -0.562. The van der Waals surface area contributed by atoms with Crippen molar-refractivity contribution in [2.75, 3.05) is 5.32 Å². The second kappa shape index (κ2) is 7.30. The zero-order chi connectivity index (χ0) is 18.7. The number of nitrogens with zero attached hydrogens (tertiary/aromatic N) is 2. The van der Waals surface area contributed by atoms with E-state index < -0.39 is 12.5 Å². The molecule has 0 bridgehead atoms. The molecule has 26 heavy (non-hydrogen) atoms. The molecule has 0 radical (unpaired) electrons. The standard InChI is InChI=1S/C18H15F2N3O3/c1-11-4-2-7-14-16(11)21-10-23(17(14)25)9-15(24)22-12-5-3-6-13(8-12)26-18(19)20/h2-8,10,18H,9H2,1H3,(H,22,24). The molecule has 8 heteroatoms. The average Bonchev–Trinajstić information content (AvgIpc) is 2.57. The van der Waals surface area contributed by atoms with Crippen LogP contribution in [-0.2, 0) is 11.3 Å². The molecule has 1 amide bonds. The summed E-state index contributed by atoms with van der Waals surface area (Å²) in [7, 11) is 0. The van der Waals surface area contributed by atoms with Gasteiger partial charge in [-0.3, -0.25) is 14.2 Å². The molecular formula is C18H15F2N3O3. The lowest BCUT2D eigenvalue weighted by Crippen LogP contribution is -2.28. The molecule has 3 rings (SSSR count). The van der Waals surface area contributed by atoms with Crippen LogP contribution >= 0.6 is 0 Å². The number of hydrogen-bond acceptors (Lipinski definition) is 4. The van der Waals surface area contributed by atoms with Gasteiger partial charge in [0.25, 0.3) is 5.56 Å². The van der Waals surface area contributed by atoms with Gasteiger partial charge in [-0.2, -0.15) is 8.78 Å². The maximum atomic E-state index is 12.5. The summed E-state index contributed by atoms with van der Waals surface area (Å²) in [6, 6.07) is 10.9. The van der Waals surface area contributed by atoms with Gasteiger partial charge in [-0.25, -0.2) is 4.98 Å². The Hall–Kier alpha value is -3.29. The lowest BCUT2D eigenvalue weighted by Gasteiger charge is -2.10. The smallest absolute Gasteiger partial charge is 0.387 e. The number of nitrogens with one attached hydrogen (secondary N) is 1. The molecule has 1 N–H and O–H groups in total. The zero-order valence-corrected chi connectivity index (χ0v) is 13.8. The monoisotopic (exact) mass is 359 g/mol. The Balaban J connectivity index is 1.77. The molecule has 0 aliphatic heterocycles. The fourth-order valence-electron chi connectivity index (χ4n) is 2.56. The first kappa shape index (κ1) is 17.5. The fraction of sp³-hybridized carbons (Fsp3) is 0.167. The van der Waals surface area contributed by atoms with Gasteiger partial charge in [-0.1, -0.05) is 18.2 Å². The van der Waals surface area contributed by atoms with E-state index in [0.29, 0.717) is 10.9 Å². The lowest BCUT2D eigenvalue weighted by molar-refractivity contribution is -0.116. The first-order valence-electron chi connectivity index (χ1n) is 7.73. The molecule has 0 fully saturated rings. The summed E-state index contributed by atoms with van der Waals surface area (Å²) in [6.07, 6.45) is 1.31. The van der Waals surface area contributed by atoms with Crippen molar-refractivity contribution in [2.45, 2.75) is 20.1 Å². The van der Waals surface area contributed by atoms with Gasteiger partial charge in [-0.15, -0.1) is 0 Å². The van der Waals surface area contributed by atoms with E-state index in [1.807, 2.05) is 13.0 Å². The Kier molecular flexibility index (Phi) is 4.92. The lowest BCUT2D eigenvalue weighted by atomic mass is 10.1. The SMILES string of the molecule is Cc1cccc2c(=O)n(CC(=O)Nc3cccc(OC(F)F)c3)cnc12. The number of benzene rings is 2. The molecule has 0 saturated heterocycles. The van der Waals surface area contributed by atoms with Crippen molar-refractivity contribution >= 4 is 22.5 Å². The van der Waals surface area contributed by atoms with Gasteiger partial charge in [0.05, 0.1) is 17.2 Å². The number of carbonyl (C=O) groups excluding carboxylic acids is 1. The number of rotatable bonds is 5. The van der Waals surface area contributed by atoms with Gasteiger partial charge in [0, 0.05) is 11.8 Å². The van der Waals surface area contributed by atoms with Gasteiger partial charge in [-0.05, 0) is 30.7 Å². The van der Waals surface area contributed by atoms with E-state index in [4.69, 9.17) is 0 Å². The number of ether oxygens (including phenoxy) is 1. The summed E-state index contributed by atoms with van der Waals surface area (Å²) >= 11 is 0. The van der Waals surface area contributed by atoms with E-state index in [-0.39, 0.29) is 23.5 Å². The topological polar surface area (TPSA) is 73.2 Å². The van der Waals surface area contributed by atoms with Crippen LogP contribution in [0.1, 0.15) is 5.56 Å². The third-order valence-electron chi connectivity index (χ3n) is 3.71. The van der Waals surface area contributed by atoms with Crippen LogP contribution in [0.25, 0.3) is 10.9 Å². The van der Waals surface area contributed by atoms with Gasteiger partial charge in [0.15, 0.2) is 0 Å². The van der Waals surface area contributed by atoms with Crippen molar-refractivity contribution in [1.29, 1.82) is 0 Å². The molecule has 0 aliphatic rings. The maximum absolute atomic E-state index is 12.5. The number of halogens is 2. The van der Waals surface area contributed by atoms with Crippen molar-refractivity contribution in [3.63, 3.8) is 0 Å². The van der Waals surface area contributed by atoms with Crippen LogP contribution in [0.15, 0.2) is 53.6 Å². The Labute approximate surface area is 147 Å². The minimum Gasteiger partial charge on any atom is -0.435 e. The highest BCUT2D eigenvalue weighted by atomic mass is 19.3. The van der Waals surface area contributed by atoms with Gasteiger partial charge in [0.2, 0.25) is 5.91 Å². The molecule has 0 saturated carbocycles. The molecule has 0 aliphatic carbocycles. The highest BCUT2D eigenvalue weighted by Gasteiger charge is 2.10. The number of anilines is 1. The van der Waals surface area contributed by atoms with Crippen molar-refractivity contribution in [3.8, 4) is 5.75 Å². The molecule has 0 atom stereocenters. The summed E-state index contributed by atoms with van der Waals surface area (Å²) < 4.78 is 30.0. The van der Waals surface area contributed by atoms with E-state index >= 15 is 0 Å². The van der Waals surface area contributed by atoms with E-state index in [1.54, 1.807) is 12.1 Å². The Morgan fingerprint density at radius 3 is 2.81 bits per heavy atom. The number of alkyl halides is 2. The predicted octanol–water partition coefficient (Wildman–Crippen LogP) is 2.95. The highest BCUT2D eigenvalue weighted by Crippen LogP contribution is 2.19. The average molecular weight is 359 g/mol. The maximum Gasteiger partial charge on any atom is 0.387 e. The van der Waals surface area contributed by atoms with Crippen molar-refractivity contribution in [2.24, 2.45) is 0 Å². The normalized spacial score (nSPS) is 10.9. The summed E-state index contributed by atoms with van der Waals surface area (Å²) in [5, 5.41) is 2.96.